The quantitative estimate of drug-likeness (QED) is 0.782. The van der Waals surface area contributed by atoms with E-state index in [1.807, 2.05) is 37.3 Å². The second-order valence-electron chi connectivity index (χ2n) is 8.02. The number of amides is 2. The highest BCUT2D eigenvalue weighted by Gasteiger charge is 2.28. The molecule has 1 unspecified atom stereocenters. The van der Waals surface area contributed by atoms with Crippen molar-refractivity contribution in [1.29, 1.82) is 0 Å². The first kappa shape index (κ1) is 19.9. The lowest BCUT2D eigenvalue weighted by molar-refractivity contribution is -0.127. The van der Waals surface area contributed by atoms with Crippen molar-refractivity contribution in [3.05, 3.63) is 35.9 Å². The van der Waals surface area contributed by atoms with Crippen LogP contribution in [0.1, 0.15) is 68.6 Å². The molecule has 0 aromatic heterocycles. The number of carbonyl (C=O) groups is 2. The third kappa shape index (κ3) is 5.80. The van der Waals surface area contributed by atoms with Gasteiger partial charge in [0.05, 0.1) is 6.04 Å². The first-order valence-corrected chi connectivity index (χ1v) is 10.5. The Bertz CT molecular complexity index is 603. The number of hydrogen-bond acceptors (Lipinski definition) is 3. The molecule has 3 rings (SSSR count). The van der Waals surface area contributed by atoms with E-state index in [9.17, 15) is 9.59 Å². The smallest absolute Gasteiger partial charge is 0.251 e. The number of nitrogens with zero attached hydrogens (tertiary/aromatic N) is 1. The van der Waals surface area contributed by atoms with E-state index >= 15 is 0 Å². The zero-order valence-electron chi connectivity index (χ0n) is 16.5. The third-order valence-corrected chi connectivity index (χ3v) is 6.03. The van der Waals surface area contributed by atoms with Gasteiger partial charge in [0.1, 0.15) is 0 Å². The maximum atomic E-state index is 12.6. The lowest BCUT2D eigenvalue weighted by atomic mass is 10.0. The van der Waals surface area contributed by atoms with Gasteiger partial charge < -0.3 is 10.6 Å². The first-order chi connectivity index (χ1) is 13.1. The maximum Gasteiger partial charge on any atom is 0.251 e. The van der Waals surface area contributed by atoms with Gasteiger partial charge in [0.2, 0.25) is 5.91 Å². The molecule has 1 aromatic rings. The molecule has 1 aromatic carbocycles. The molecule has 148 valence electrons. The van der Waals surface area contributed by atoms with Gasteiger partial charge in [0.15, 0.2) is 0 Å². The molecule has 2 aliphatic rings. The zero-order valence-corrected chi connectivity index (χ0v) is 16.5. The van der Waals surface area contributed by atoms with Crippen molar-refractivity contribution in [2.75, 3.05) is 13.1 Å². The number of nitrogens with one attached hydrogen (secondary N) is 2. The number of benzene rings is 1. The van der Waals surface area contributed by atoms with Crippen LogP contribution in [0.4, 0.5) is 0 Å². The molecular weight excluding hydrogens is 338 g/mol. The van der Waals surface area contributed by atoms with Gasteiger partial charge in [-0.1, -0.05) is 43.9 Å². The summed E-state index contributed by atoms with van der Waals surface area (Å²) in [5.41, 5.74) is 0.705. The Morgan fingerprint density at radius 2 is 1.48 bits per heavy atom. The van der Waals surface area contributed by atoms with E-state index in [-0.39, 0.29) is 23.9 Å². The molecule has 1 atom stereocenters. The van der Waals surface area contributed by atoms with Crippen LogP contribution in [0, 0.1) is 0 Å². The van der Waals surface area contributed by atoms with Crippen molar-refractivity contribution in [2.24, 2.45) is 0 Å². The summed E-state index contributed by atoms with van der Waals surface area (Å²) in [5, 5.41) is 6.40. The minimum Gasteiger partial charge on any atom is -0.352 e. The topological polar surface area (TPSA) is 61.4 Å². The highest BCUT2D eigenvalue weighted by Crippen LogP contribution is 2.18. The van der Waals surface area contributed by atoms with Crippen LogP contribution in [0.3, 0.4) is 0 Å². The van der Waals surface area contributed by atoms with Gasteiger partial charge in [-0.3, -0.25) is 14.5 Å². The molecule has 2 N–H and O–H groups in total. The van der Waals surface area contributed by atoms with E-state index in [4.69, 9.17) is 0 Å². The van der Waals surface area contributed by atoms with Crippen molar-refractivity contribution in [3.63, 3.8) is 0 Å². The fraction of sp³-hybridized carbons (Fsp3) is 0.636. The Morgan fingerprint density at radius 3 is 2.11 bits per heavy atom. The van der Waals surface area contributed by atoms with Gasteiger partial charge in [-0.2, -0.15) is 0 Å². The van der Waals surface area contributed by atoms with E-state index in [0.717, 1.165) is 38.8 Å². The van der Waals surface area contributed by atoms with Crippen molar-refractivity contribution in [1.82, 2.24) is 15.5 Å². The standard InChI is InChI=1S/C22H33N3O2/c1-17(21(26)23-19-11-7-2-3-8-12-19)25-15-13-20(14-16-25)24-22(27)18-9-5-4-6-10-18/h4-6,9-10,17,19-20H,2-3,7-8,11-16H2,1H3,(H,23,26)(H,24,27). The Hall–Kier alpha value is -1.88. The minimum atomic E-state index is -0.0981. The normalized spacial score (nSPS) is 21.2. The molecule has 0 bridgehead atoms. The van der Waals surface area contributed by atoms with Gasteiger partial charge in [0.25, 0.3) is 5.91 Å². The summed E-state index contributed by atoms with van der Waals surface area (Å²) in [7, 11) is 0. The minimum absolute atomic E-state index is 0.00629. The van der Waals surface area contributed by atoms with Crippen LogP contribution in [0.15, 0.2) is 30.3 Å². The van der Waals surface area contributed by atoms with Crippen LogP contribution >= 0.6 is 0 Å². The fourth-order valence-electron chi connectivity index (χ4n) is 4.20. The second-order valence-corrected chi connectivity index (χ2v) is 8.02. The summed E-state index contributed by atoms with van der Waals surface area (Å²) in [6.45, 7) is 3.70. The Morgan fingerprint density at radius 1 is 0.889 bits per heavy atom. The van der Waals surface area contributed by atoms with Crippen LogP contribution in [0.5, 0.6) is 0 Å². The lowest BCUT2D eigenvalue weighted by Crippen LogP contribution is -2.53. The Kier molecular flexibility index (Phi) is 7.27. The molecule has 5 heteroatoms. The van der Waals surface area contributed by atoms with Crippen LogP contribution < -0.4 is 10.6 Å². The molecule has 1 saturated heterocycles. The molecule has 1 saturated carbocycles. The number of piperidine rings is 1. The zero-order chi connectivity index (χ0) is 19.1. The number of likely N-dealkylation sites (tertiary alicyclic amines) is 1. The molecule has 0 radical (unpaired) electrons. The molecule has 5 nitrogen and oxygen atoms in total. The number of hydrogen-bond donors (Lipinski definition) is 2. The summed E-state index contributed by atoms with van der Waals surface area (Å²) in [6.07, 6.45) is 9.06. The molecule has 1 aliphatic carbocycles. The second kappa shape index (κ2) is 9.88. The summed E-state index contributed by atoms with van der Waals surface area (Å²) in [5.74, 6) is 0.155. The van der Waals surface area contributed by atoms with Gasteiger partial charge >= 0.3 is 0 Å². The summed E-state index contributed by atoms with van der Waals surface area (Å²) in [4.78, 5) is 27.2. The third-order valence-electron chi connectivity index (χ3n) is 6.03. The average molecular weight is 372 g/mol. The van der Waals surface area contributed by atoms with Crippen LogP contribution in [-0.2, 0) is 4.79 Å². The van der Waals surface area contributed by atoms with Crippen molar-refractivity contribution < 1.29 is 9.59 Å². The molecule has 1 heterocycles. The van der Waals surface area contributed by atoms with Crippen molar-refractivity contribution >= 4 is 11.8 Å². The predicted molar refractivity (Wildman–Crippen MR) is 108 cm³/mol. The highest BCUT2D eigenvalue weighted by molar-refractivity contribution is 5.94. The molecule has 0 spiro atoms. The van der Waals surface area contributed by atoms with Crippen LogP contribution in [-0.4, -0.2) is 47.9 Å². The van der Waals surface area contributed by atoms with E-state index in [0.29, 0.717) is 11.6 Å². The molecular formula is C22H33N3O2. The van der Waals surface area contributed by atoms with Crippen LogP contribution in [0.2, 0.25) is 0 Å². The SMILES string of the molecule is CC(C(=O)NC1CCCCCC1)N1CCC(NC(=O)c2ccccc2)CC1. The van der Waals surface area contributed by atoms with Crippen molar-refractivity contribution in [3.8, 4) is 0 Å². The first-order valence-electron chi connectivity index (χ1n) is 10.5. The van der Waals surface area contributed by atoms with Gasteiger partial charge in [0, 0.05) is 30.7 Å². The van der Waals surface area contributed by atoms with E-state index < -0.39 is 0 Å². The summed E-state index contributed by atoms with van der Waals surface area (Å²) >= 11 is 0. The van der Waals surface area contributed by atoms with Gasteiger partial charge in [-0.15, -0.1) is 0 Å². The summed E-state index contributed by atoms with van der Waals surface area (Å²) < 4.78 is 0. The Labute approximate surface area is 162 Å². The highest BCUT2D eigenvalue weighted by atomic mass is 16.2. The van der Waals surface area contributed by atoms with E-state index in [1.165, 1.54) is 25.7 Å². The van der Waals surface area contributed by atoms with E-state index in [1.54, 1.807) is 0 Å². The lowest BCUT2D eigenvalue weighted by Gasteiger charge is -2.36. The summed E-state index contributed by atoms with van der Waals surface area (Å²) in [6, 6.07) is 9.79. The molecule has 1 aliphatic heterocycles. The van der Waals surface area contributed by atoms with E-state index in [2.05, 4.69) is 15.5 Å². The largest absolute Gasteiger partial charge is 0.352 e. The van der Waals surface area contributed by atoms with Crippen molar-refractivity contribution in [2.45, 2.75) is 76.4 Å². The number of rotatable bonds is 5. The molecule has 2 fully saturated rings. The Balaban J connectivity index is 1.42. The maximum absolute atomic E-state index is 12.6. The monoisotopic (exact) mass is 371 g/mol. The molecule has 27 heavy (non-hydrogen) atoms. The number of carbonyl (C=O) groups excluding carboxylic acids is 2. The average Bonchev–Trinajstić information content (AvgIpc) is 2.97. The van der Waals surface area contributed by atoms with Gasteiger partial charge in [-0.25, -0.2) is 0 Å². The predicted octanol–water partition coefficient (Wildman–Crippen LogP) is 3.11. The van der Waals surface area contributed by atoms with Crippen LogP contribution in [0.25, 0.3) is 0 Å². The fourth-order valence-corrected chi connectivity index (χ4v) is 4.20. The van der Waals surface area contributed by atoms with Gasteiger partial charge in [-0.05, 0) is 44.7 Å². The molecule has 2 amide bonds.